The van der Waals surface area contributed by atoms with Crippen LogP contribution in [0.4, 0.5) is 0 Å². The number of rotatable bonds is 6. The standard InChI is InChI=1S/C17H20ClNO/c1-2-13-6-8-14(9-7-13)12-20-17-15(10-11-19)4-3-5-16(17)18/h3-9H,2,10-12,19H2,1H3. The fourth-order valence-electron chi connectivity index (χ4n) is 2.09. The molecule has 0 heterocycles. The number of para-hydroxylation sites is 1. The van der Waals surface area contributed by atoms with E-state index in [-0.39, 0.29) is 0 Å². The van der Waals surface area contributed by atoms with Crippen molar-refractivity contribution in [3.63, 3.8) is 0 Å². The van der Waals surface area contributed by atoms with Gasteiger partial charge in [0, 0.05) is 0 Å². The molecule has 0 aliphatic heterocycles. The molecule has 0 unspecified atom stereocenters. The Kier molecular flexibility index (Phi) is 5.45. The minimum atomic E-state index is 0.519. The molecule has 0 bridgehead atoms. The molecule has 0 fully saturated rings. The lowest BCUT2D eigenvalue weighted by Gasteiger charge is -2.13. The lowest BCUT2D eigenvalue weighted by atomic mass is 10.1. The van der Waals surface area contributed by atoms with Crippen LogP contribution in [0.5, 0.6) is 5.75 Å². The fraction of sp³-hybridized carbons (Fsp3) is 0.294. The van der Waals surface area contributed by atoms with Gasteiger partial charge in [-0.05, 0) is 42.1 Å². The van der Waals surface area contributed by atoms with Crippen LogP contribution in [0.15, 0.2) is 42.5 Å². The SMILES string of the molecule is CCc1ccc(COc2c(Cl)cccc2CCN)cc1. The summed E-state index contributed by atoms with van der Waals surface area (Å²) in [5.74, 6) is 0.749. The van der Waals surface area contributed by atoms with Crippen molar-refractivity contribution in [2.45, 2.75) is 26.4 Å². The monoisotopic (exact) mass is 289 g/mol. The molecular formula is C17H20ClNO. The number of hydrogen-bond acceptors (Lipinski definition) is 2. The van der Waals surface area contributed by atoms with Crippen LogP contribution in [0.25, 0.3) is 0 Å². The molecule has 0 saturated heterocycles. The van der Waals surface area contributed by atoms with Crippen LogP contribution in [-0.4, -0.2) is 6.54 Å². The van der Waals surface area contributed by atoms with Crippen LogP contribution in [0.1, 0.15) is 23.6 Å². The van der Waals surface area contributed by atoms with E-state index >= 15 is 0 Å². The third kappa shape index (κ3) is 3.75. The number of ether oxygens (including phenoxy) is 1. The van der Waals surface area contributed by atoms with Crippen LogP contribution in [0, 0.1) is 0 Å². The van der Waals surface area contributed by atoms with Crippen molar-refractivity contribution >= 4 is 11.6 Å². The van der Waals surface area contributed by atoms with E-state index in [1.807, 2.05) is 18.2 Å². The molecule has 106 valence electrons. The predicted molar refractivity (Wildman–Crippen MR) is 84.4 cm³/mol. The minimum Gasteiger partial charge on any atom is -0.487 e. The van der Waals surface area contributed by atoms with Crippen LogP contribution in [0.2, 0.25) is 5.02 Å². The second kappa shape index (κ2) is 7.32. The summed E-state index contributed by atoms with van der Waals surface area (Å²) >= 11 is 6.21. The highest BCUT2D eigenvalue weighted by atomic mass is 35.5. The third-order valence-corrected chi connectivity index (χ3v) is 3.57. The largest absolute Gasteiger partial charge is 0.487 e. The van der Waals surface area contributed by atoms with Gasteiger partial charge in [-0.3, -0.25) is 0 Å². The Morgan fingerprint density at radius 3 is 2.40 bits per heavy atom. The molecule has 2 aromatic carbocycles. The first-order valence-electron chi connectivity index (χ1n) is 6.92. The van der Waals surface area contributed by atoms with Crippen molar-refractivity contribution in [1.82, 2.24) is 0 Å². The second-order valence-electron chi connectivity index (χ2n) is 4.73. The van der Waals surface area contributed by atoms with Crippen molar-refractivity contribution in [3.8, 4) is 5.75 Å². The summed E-state index contributed by atoms with van der Waals surface area (Å²) in [5, 5.41) is 0.640. The van der Waals surface area contributed by atoms with Gasteiger partial charge in [-0.2, -0.15) is 0 Å². The smallest absolute Gasteiger partial charge is 0.141 e. The van der Waals surface area contributed by atoms with E-state index < -0.39 is 0 Å². The number of aryl methyl sites for hydroxylation is 1. The van der Waals surface area contributed by atoms with Crippen LogP contribution in [0.3, 0.4) is 0 Å². The van der Waals surface area contributed by atoms with Gasteiger partial charge >= 0.3 is 0 Å². The first kappa shape index (κ1) is 14.9. The average Bonchev–Trinajstić information content (AvgIpc) is 2.47. The van der Waals surface area contributed by atoms with Crippen molar-refractivity contribution in [1.29, 1.82) is 0 Å². The molecule has 2 nitrogen and oxygen atoms in total. The van der Waals surface area contributed by atoms with Crippen molar-refractivity contribution in [2.24, 2.45) is 5.73 Å². The molecule has 20 heavy (non-hydrogen) atoms. The van der Waals surface area contributed by atoms with Gasteiger partial charge < -0.3 is 10.5 Å². The van der Waals surface area contributed by atoms with Gasteiger partial charge in [-0.25, -0.2) is 0 Å². The Labute approximate surface area is 125 Å². The molecular weight excluding hydrogens is 270 g/mol. The van der Waals surface area contributed by atoms with E-state index in [1.165, 1.54) is 5.56 Å². The Bertz CT molecular complexity index is 551. The zero-order valence-electron chi connectivity index (χ0n) is 11.7. The minimum absolute atomic E-state index is 0.519. The molecule has 0 aliphatic rings. The highest BCUT2D eigenvalue weighted by Crippen LogP contribution is 2.29. The van der Waals surface area contributed by atoms with E-state index in [4.69, 9.17) is 22.1 Å². The summed E-state index contributed by atoms with van der Waals surface area (Å²) in [6, 6.07) is 14.2. The van der Waals surface area contributed by atoms with Gasteiger partial charge in [0.15, 0.2) is 0 Å². The molecule has 0 aliphatic carbocycles. The van der Waals surface area contributed by atoms with Gasteiger partial charge in [0.25, 0.3) is 0 Å². The molecule has 2 N–H and O–H groups in total. The first-order valence-corrected chi connectivity index (χ1v) is 7.30. The molecule has 0 radical (unpaired) electrons. The van der Waals surface area contributed by atoms with Crippen molar-refractivity contribution in [3.05, 3.63) is 64.2 Å². The van der Waals surface area contributed by atoms with Gasteiger partial charge in [-0.15, -0.1) is 0 Å². The first-order chi connectivity index (χ1) is 9.74. The number of benzene rings is 2. The third-order valence-electron chi connectivity index (χ3n) is 3.28. The molecule has 2 rings (SSSR count). The average molecular weight is 290 g/mol. The van der Waals surface area contributed by atoms with Gasteiger partial charge in [0.05, 0.1) is 5.02 Å². The van der Waals surface area contributed by atoms with E-state index in [0.717, 1.165) is 29.7 Å². The zero-order valence-corrected chi connectivity index (χ0v) is 12.5. The van der Waals surface area contributed by atoms with E-state index in [0.29, 0.717) is 18.2 Å². The van der Waals surface area contributed by atoms with Gasteiger partial charge in [0.2, 0.25) is 0 Å². The number of hydrogen-bond donors (Lipinski definition) is 1. The highest BCUT2D eigenvalue weighted by molar-refractivity contribution is 6.32. The maximum absolute atomic E-state index is 6.21. The summed E-state index contributed by atoms with van der Waals surface area (Å²) in [7, 11) is 0. The lowest BCUT2D eigenvalue weighted by Crippen LogP contribution is -2.06. The topological polar surface area (TPSA) is 35.2 Å². The maximum Gasteiger partial charge on any atom is 0.141 e. The van der Waals surface area contributed by atoms with E-state index in [9.17, 15) is 0 Å². The summed E-state index contributed by atoms with van der Waals surface area (Å²) in [5.41, 5.74) is 9.15. The molecule has 0 saturated carbocycles. The summed E-state index contributed by atoms with van der Waals surface area (Å²) < 4.78 is 5.89. The summed E-state index contributed by atoms with van der Waals surface area (Å²) in [6.45, 7) is 3.25. The fourth-order valence-corrected chi connectivity index (χ4v) is 2.34. The maximum atomic E-state index is 6.21. The predicted octanol–water partition coefficient (Wildman–Crippen LogP) is 3.98. The summed E-state index contributed by atoms with van der Waals surface area (Å²) in [6.07, 6.45) is 1.82. The molecule has 0 amide bonds. The Balaban J connectivity index is 2.09. The Morgan fingerprint density at radius 2 is 1.75 bits per heavy atom. The normalized spacial score (nSPS) is 10.6. The van der Waals surface area contributed by atoms with Gasteiger partial charge in [-0.1, -0.05) is 54.9 Å². The van der Waals surface area contributed by atoms with E-state index in [2.05, 4.69) is 31.2 Å². The second-order valence-corrected chi connectivity index (χ2v) is 5.13. The number of halogens is 1. The molecule has 3 heteroatoms. The van der Waals surface area contributed by atoms with Crippen LogP contribution in [-0.2, 0) is 19.4 Å². The van der Waals surface area contributed by atoms with Crippen LogP contribution < -0.4 is 10.5 Å². The highest BCUT2D eigenvalue weighted by Gasteiger charge is 2.08. The van der Waals surface area contributed by atoms with Crippen molar-refractivity contribution in [2.75, 3.05) is 6.54 Å². The lowest BCUT2D eigenvalue weighted by molar-refractivity contribution is 0.303. The number of nitrogens with two attached hydrogens (primary N) is 1. The van der Waals surface area contributed by atoms with Gasteiger partial charge in [0.1, 0.15) is 12.4 Å². The van der Waals surface area contributed by atoms with E-state index in [1.54, 1.807) is 0 Å². The zero-order chi connectivity index (χ0) is 14.4. The molecule has 2 aromatic rings. The van der Waals surface area contributed by atoms with Crippen molar-refractivity contribution < 1.29 is 4.74 Å². The molecule has 0 atom stereocenters. The molecule has 0 aromatic heterocycles. The van der Waals surface area contributed by atoms with Crippen LogP contribution >= 0.6 is 11.6 Å². The summed E-state index contributed by atoms with van der Waals surface area (Å²) in [4.78, 5) is 0. The Morgan fingerprint density at radius 1 is 1.05 bits per heavy atom. The molecule has 0 spiro atoms. The quantitative estimate of drug-likeness (QED) is 0.873. The Hall–Kier alpha value is -1.51.